The molecule has 7 nitrogen and oxygen atoms in total. The molecule has 0 bridgehead atoms. The number of carboxylic acids is 1. The van der Waals surface area contributed by atoms with Crippen molar-refractivity contribution < 1.29 is 19.5 Å². The van der Waals surface area contributed by atoms with Gasteiger partial charge < -0.3 is 20.6 Å². The van der Waals surface area contributed by atoms with Gasteiger partial charge in [-0.25, -0.2) is 4.79 Å². The van der Waals surface area contributed by atoms with Crippen LogP contribution >= 0.6 is 0 Å². The monoisotopic (exact) mass is 297 g/mol. The van der Waals surface area contributed by atoms with Gasteiger partial charge >= 0.3 is 12.0 Å². The Kier molecular flexibility index (Phi) is 5.41. The molecule has 21 heavy (non-hydrogen) atoms. The topological polar surface area (TPSA) is 98.7 Å². The van der Waals surface area contributed by atoms with Crippen molar-refractivity contribution >= 4 is 17.9 Å². The standard InChI is InChI=1S/C14H23N3O4/c18-12(16-10-5-6-10)7-8-15-14(21)17(9-13(19)20)11-3-1-2-4-11/h10-11H,1-9H2,(H,15,21)(H,16,18)(H,19,20). The molecule has 0 aromatic carbocycles. The third kappa shape index (κ3) is 5.24. The summed E-state index contributed by atoms with van der Waals surface area (Å²) < 4.78 is 0. The molecule has 118 valence electrons. The van der Waals surface area contributed by atoms with Crippen molar-refractivity contribution in [2.24, 2.45) is 0 Å². The van der Waals surface area contributed by atoms with E-state index in [1.807, 2.05) is 0 Å². The molecule has 2 aliphatic rings. The van der Waals surface area contributed by atoms with Gasteiger partial charge in [-0.05, 0) is 25.7 Å². The van der Waals surface area contributed by atoms with Gasteiger partial charge in [0.2, 0.25) is 5.91 Å². The van der Waals surface area contributed by atoms with Gasteiger partial charge in [-0.1, -0.05) is 12.8 Å². The number of carbonyl (C=O) groups excluding carboxylic acids is 2. The molecule has 2 aliphatic carbocycles. The Morgan fingerprint density at radius 1 is 1.10 bits per heavy atom. The molecule has 0 radical (unpaired) electrons. The van der Waals surface area contributed by atoms with Gasteiger partial charge in [0.1, 0.15) is 6.54 Å². The largest absolute Gasteiger partial charge is 0.480 e. The molecule has 0 unspecified atom stereocenters. The molecule has 3 N–H and O–H groups in total. The number of rotatable bonds is 7. The molecule has 2 saturated carbocycles. The van der Waals surface area contributed by atoms with Gasteiger partial charge in [0.25, 0.3) is 0 Å². The number of urea groups is 1. The van der Waals surface area contributed by atoms with Crippen LogP contribution in [0.5, 0.6) is 0 Å². The number of aliphatic carboxylic acids is 1. The van der Waals surface area contributed by atoms with Crippen LogP contribution < -0.4 is 10.6 Å². The zero-order valence-electron chi connectivity index (χ0n) is 12.1. The summed E-state index contributed by atoms with van der Waals surface area (Å²) in [5, 5.41) is 14.4. The Labute approximate surface area is 124 Å². The molecule has 0 saturated heterocycles. The smallest absolute Gasteiger partial charge is 0.323 e. The molecule has 0 aromatic rings. The van der Waals surface area contributed by atoms with Crippen LogP contribution in [0.25, 0.3) is 0 Å². The number of carboxylic acid groups (broad SMARTS) is 1. The average Bonchev–Trinajstić information content (AvgIpc) is 3.06. The quantitative estimate of drug-likeness (QED) is 0.644. The van der Waals surface area contributed by atoms with Gasteiger partial charge in [0.15, 0.2) is 0 Å². The van der Waals surface area contributed by atoms with Crippen LogP contribution in [-0.4, -0.2) is 53.1 Å². The highest BCUT2D eigenvalue weighted by Gasteiger charge is 2.28. The van der Waals surface area contributed by atoms with E-state index in [0.29, 0.717) is 6.04 Å². The lowest BCUT2D eigenvalue weighted by Crippen LogP contribution is -2.48. The van der Waals surface area contributed by atoms with E-state index >= 15 is 0 Å². The maximum Gasteiger partial charge on any atom is 0.323 e. The van der Waals surface area contributed by atoms with E-state index in [1.165, 1.54) is 4.90 Å². The molecular weight excluding hydrogens is 274 g/mol. The molecule has 0 aromatic heterocycles. The first-order valence-corrected chi connectivity index (χ1v) is 7.62. The minimum Gasteiger partial charge on any atom is -0.480 e. The van der Waals surface area contributed by atoms with E-state index < -0.39 is 5.97 Å². The Bertz CT molecular complexity index is 403. The Morgan fingerprint density at radius 3 is 2.33 bits per heavy atom. The van der Waals surface area contributed by atoms with Gasteiger partial charge in [-0.2, -0.15) is 0 Å². The second-order valence-corrected chi connectivity index (χ2v) is 5.78. The molecular formula is C14H23N3O4. The lowest BCUT2D eigenvalue weighted by Gasteiger charge is -2.27. The second kappa shape index (κ2) is 7.28. The lowest BCUT2D eigenvalue weighted by molar-refractivity contribution is -0.138. The maximum atomic E-state index is 12.1. The highest BCUT2D eigenvalue weighted by Crippen LogP contribution is 2.23. The molecule has 2 rings (SSSR count). The molecule has 3 amide bonds. The normalized spacial score (nSPS) is 18.3. The number of carbonyl (C=O) groups is 3. The van der Waals surface area contributed by atoms with Gasteiger partial charge in [-0.3, -0.25) is 9.59 Å². The van der Waals surface area contributed by atoms with Crippen LogP contribution in [0.2, 0.25) is 0 Å². The van der Waals surface area contributed by atoms with Crippen molar-refractivity contribution in [3.63, 3.8) is 0 Å². The highest BCUT2D eigenvalue weighted by molar-refractivity contribution is 5.81. The molecule has 7 heteroatoms. The first kappa shape index (κ1) is 15.6. The first-order valence-electron chi connectivity index (χ1n) is 7.62. The number of nitrogens with zero attached hydrogens (tertiary/aromatic N) is 1. The Balaban J connectivity index is 1.74. The average molecular weight is 297 g/mol. The summed E-state index contributed by atoms with van der Waals surface area (Å²) in [6, 6.07) is -0.0693. The summed E-state index contributed by atoms with van der Waals surface area (Å²) in [5.74, 6) is -1.08. The third-order valence-corrected chi connectivity index (χ3v) is 3.90. The van der Waals surface area contributed by atoms with Crippen molar-refractivity contribution in [2.45, 2.75) is 57.0 Å². The maximum absolute atomic E-state index is 12.1. The summed E-state index contributed by atoms with van der Waals surface area (Å²) >= 11 is 0. The van der Waals surface area contributed by atoms with Crippen LogP contribution in [0.15, 0.2) is 0 Å². The third-order valence-electron chi connectivity index (χ3n) is 3.90. The van der Waals surface area contributed by atoms with E-state index in [4.69, 9.17) is 5.11 Å². The summed E-state index contributed by atoms with van der Waals surface area (Å²) in [7, 11) is 0. The zero-order valence-corrected chi connectivity index (χ0v) is 12.1. The van der Waals surface area contributed by atoms with Crippen LogP contribution in [0.1, 0.15) is 44.9 Å². The van der Waals surface area contributed by atoms with Crippen molar-refractivity contribution in [1.82, 2.24) is 15.5 Å². The Hall–Kier alpha value is -1.79. The summed E-state index contributed by atoms with van der Waals surface area (Å²) in [6.45, 7) is -0.0506. The second-order valence-electron chi connectivity index (χ2n) is 5.78. The van der Waals surface area contributed by atoms with Crippen LogP contribution in [-0.2, 0) is 9.59 Å². The lowest BCUT2D eigenvalue weighted by atomic mass is 10.2. The van der Waals surface area contributed by atoms with Crippen LogP contribution in [0.3, 0.4) is 0 Å². The molecule has 0 aliphatic heterocycles. The summed E-state index contributed by atoms with van der Waals surface area (Å²) in [5.41, 5.74) is 0. The number of hydrogen-bond donors (Lipinski definition) is 3. The minimum absolute atomic E-state index is 0.00129. The van der Waals surface area contributed by atoms with Crippen LogP contribution in [0, 0.1) is 0 Å². The van der Waals surface area contributed by atoms with E-state index in [0.717, 1.165) is 38.5 Å². The zero-order chi connectivity index (χ0) is 15.2. The van der Waals surface area contributed by atoms with Gasteiger partial charge in [0.05, 0.1) is 0 Å². The number of amides is 3. The van der Waals surface area contributed by atoms with E-state index in [9.17, 15) is 14.4 Å². The first-order chi connectivity index (χ1) is 10.1. The molecule has 2 fully saturated rings. The van der Waals surface area contributed by atoms with Crippen molar-refractivity contribution in [3.05, 3.63) is 0 Å². The van der Waals surface area contributed by atoms with Crippen molar-refractivity contribution in [1.29, 1.82) is 0 Å². The fourth-order valence-electron chi connectivity index (χ4n) is 2.64. The van der Waals surface area contributed by atoms with Gasteiger partial charge in [-0.15, -0.1) is 0 Å². The van der Waals surface area contributed by atoms with Crippen LogP contribution in [0.4, 0.5) is 4.79 Å². The summed E-state index contributed by atoms with van der Waals surface area (Å²) in [4.78, 5) is 35.9. The fourth-order valence-corrected chi connectivity index (χ4v) is 2.64. The van der Waals surface area contributed by atoms with Crippen molar-refractivity contribution in [2.75, 3.05) is 13.1 Å². The predicted octanol–water partition coefficient (Wildman–Crippen LogP) is 0.694. The molecule has 0 spiro atoms. The van der Waals surface area contributed by atoms with Crippen molar-refractivity contribution in [3.8, 4) is 0 Å². The van der Waals surface area contributed by atoms with Gasteiger partial charge in [0, 0.05) is 25.0 Å². The SMILES string of the molecule is O=C(O)CN(C(=O)NCCC(=O)NC1CC1)C1CCCC1. The fraction of sp³-hybridized carbons (Fsp3) is 0.786. The van der Waals surface area contributed by atoms with E-state index in [2.05, 4.69) is 10.6 Å². The van der Waals surface area contributed by atoms with E-state index in [-0.39, 0.29) is 37.5 Å². The molecule has 0 heterocycles. The minimum atomic E-state index is -1.01. The predicted molar refractivity (Wildman–Crippen MR) is 75.8 cm³/mol. The summed E-state index contributed by atoms with van der Waals surface area (Å²) in [6.07, 6.45) is 6.05. The number of hydrogen-bond acceptors (Lipinski definition) is 3. The Morgan fingerprint density at radius 2 is 1.76 bits per heavy atom. The van der Waals surface area contributed by atoms with E-state index in [1.54, 1.807) is 0 Å². The number of nitrogens with one attached hydrogen (secondary N) is 2. The molecule has 0 atom stereocenters. The highest BCUT2D eigenvalue weighted by atomic mass is 16.4.